The highest BCUT2D eigenvalue weighted by molar-refractivity contribution is 6.35. The van der Waals surface area contributed by atoms with Gasteiger partial charge < -0.3 is 14.5 Å². The number of furan rings is 1. The van der Waals surface area contributed by atoms with Gasteiger partial charge in [-0.2, -0.15) is 0 Å². The number of halogens is 3. The number of rotatable bonds is 5. The van der Waals surface area contributed by atoms with Crippen molar-refractivity contribution >= 4 is 51.3 Å². The van der Waals surface area contributed by atoms with Gasteiger partial charge in [0.1, 0.15) is 17.1 Å². The number of benzene rings is 3. The summed E-state index contributed by atoms with van der Waals surface area (Å²) in [5.41, 5.74) is 4.15. The second-order valence-electron chi connectivity index (χ2n) is 7.18. The fourth-order valence-electron chi connectivity index (χ4n) is 3.46. The zero-order valence-electron chi connectivity index (χ0n) is 17.2. The van der Waals surface area contributed by atoms with Gasteiger partial charge >= 0.3 is 0 Å². The van der Waals surface area contributed by atoms with Gasteiger partial charge in [-0.25, -0.2) is 4.39 Å². The highest BCUT2D eigenvalue weighted by Gasteiger charge is 2.15. The van der Waals surface area contributed by atoms with Gasteiger partial charge in [0, 0.05) is 44.4 Å². The first-order chi connectivity index (χ1) is 15.3. The number of fused-ring (bicyclic) bond motifs is 1. The lowest BCUT2D eigenvalue weighted by Gasteiger charge is -2.10. The minimum Gasteiger partial charge on any atom is -0.496 e. The summed E-state index contributed by atoms with van der Waals surface area (Å²) in [5.74, 6) is -0.0894. The summed E-state index contributed by atoms with van der Waals surface area (Å²) in [7, 11) is 1.55. The molecule has 0 saturated carbocycles. The Hall–Kier alpha value is -3.28. The Morgan fingerprint density at radius 3 is 2.41 bits per heavy atom. The molecule has 32 heavy (non-hydrogen) atoms. The van der Waals surface area contributed by atoms with Crippen LogP contribution in [0.15, 0.2) is 71.4 Å². The molecule has 4 nitrogen and oxygen atoms in total. The average molecular weight is 470 g/mol. The Morgan fingerprint density at radius 1 is 1.06 bits per heavy atom. The molecular formula is C25H18Cl2FNO3. The van der Waals surface area contributed by atoms with Crippen LogP contribution in [0.5, 0.6) is 5.75 Å². The number of hydrogen-bond acceptors (Lipinski definition) is 3. The second-order valence-corrected chi connectivity index (χ2v) is 8.05. The van der Waals surface area contributed by atoms with Crippen molar-refractivity contribution < 1.29 is 18.3 Å². The third-order valence-corrected chi connectivity index (χ3v) is 5.39. The van der Waals surface area contributed by atoms with E-state index in [9.17, 15) is 9.18 Å². The monoisotopic (exact) mass is 469 g/mol. The first-order valence-electron chi connectivity index (χ1n) is 9.65. The highest BCUT2D eigenvalue weighted by Crippen LogP contribution is 2.37. The number of amides is 1. The summed E-state index contributed by atoms with van der Waals surface area (Å²) < 4.78 is 24.5. The SMILES string of the molecule is COc1cc2occ(-c3ccc(F)cc3)c2cc1/C(C)=C/C(=O)Nc1cc(Cl)cc(Cl)c1. The van der Waals surface area contributed by atoms with E-state index in [4.69, 9.17) is 32.4 Å². The summed E-state index contributed by atoms with van der Waals surface area (Å²) in [4.78, 5) is 12.6. The van der Waals surface area contributed by atoms with E-state index in [0.717, 1.165) is 22.1 Å². The van der Waals surface area contributed by atoms with E-state index in [0.29, 0.717) is 32.6 Å². The molecule has 1 aromatic heterocycles. The molecule has 0 aliphatic rings. The number of allylic oxidation sites excluding steroid dienone is 1. The van der Waals surface area contributed by atoms with Crippen LogP contribution in [-0.2, 0) is 4.79 Å². The predicted molar refractivity (Wildman–Crippen MR) is 127 cm³/mol. The molecule has 0 fully saturated rings. The summed E-state index contributed by atoms with van der Waals surface area (Å²) in [6.45, 7) is 1.81. The molecule has 4 aromatic rings. The minimum absolute atomic E-state index is 0.310. The summed E-state index contributed by atoms with van der Waals surface area (Å²) in [6.07, 6.45) is 3.09. The third kappa shape index (κ3) is 4.64. The average Bonchev–Trinajstić information content (AvgIpc) is 3.15. The molecule has 1 N–H and O–H groups in total. The molecule has 0 aliphatic heterocycles. The van der Waals surface area contributed by atoms with Crippen molar-refractivity contribution in [3.63, 3.8) is 0 Å². The van der Waals surface area contributed by atoms with E-state index in [1.807, 2.05) is 13.0 Å². The van der Waals surface area contributed by atoms with Crippen molar-refractivity contribution in [2.75, 3.05) is 12.4 Å². The van der Waals surface area contributed by atoms with E-state index in [2.05, 4.69) is 5.32 Å². The number of hydrogen-bond donors (Lipinski definition) is 1. The number of carbonyl (C=O) groups is 1. The Morgan fingerprint density at radius 2 is 1.75 bits per heavy atom. The zero-order valence-corrected chi connectivity index (χ0v) is 18.7. The topological polar surface area (TPSA) is 51.5 Å². The van der Waals surface area contributed by atoms with E-state index in [1.54, 1.807) is 49.8 Å². The Labute approximate surface area is 194 Å². The summed E-state index contributed by atoms with van der Waals surface area (Å²) in [5, 5.41) is 4.43. The highest BCUT2D eigenvalue weighted by atomic mass is 35.5. The van der Waals surface area contributed by atoms with Gasteiger partial charge in [-0.05, 0) is 54.5 Å². The van der Waals surface area contributed by atoms with E-state index in [-0.39, 0.29) is 11.7 Å². The molecule has 4 rings (SSSR count). The smallest absolute Gasteiger partial charge is 0.248 e. The van der Waals surface area contributed by atoms with Crippen molar-refractivity contribution in [3.8, 4) is 16.9 Å². The van der Waals surface area contributed by atoms with E-state index >= 15 is 0 Å². The molecule has 0 aliphatic carbocycles. The maximum atomic E-state index is 13.3. The lowest BCUT2D eigenvalue weighted by Crippen LogP contribution is -2.08. The van der Waals surface area contributed by atoms with Gasteiger partial charge in [-0.15, -0.1) is 0 Å². The lowest BCUT2D eigenvalue weighted by molar-refractivity contribution is -0.111. The second kappa shape index (κ2) is 9.07. The maximum Gasteiger partial charge on any atom is 0.248 e. The minimum atomic E-state index is -0.339. The first kappa shape index (κ1) is 21.9. The van der Waals surface area contributed by atoms with Gasteiger partial charge in [0.25, 0.3) is 0 Å². The summed E-state index contributed by atoms with van der Waals surface area (Å²) >= 11 is 12.0. The van der Waals surface area contributed by atoms with Crippen molar-refractivity contribution in [1.82, 2.24) is 0 Å². The largest absolute Gasteiger partial charge is 0.496 e. The van der Waals surface area contributed by atoms with Crippen LogP contribution in [0, 0.1) is 5.82 Å². The number of anilines is 1. The van der Waals surface area contributed by atoms with Crippen molar-refractivity contribution in [2.24, 2.45) is 0 Å². The van der Waals surface area contributed by atoms with Gasteiger partial charge in [-0.1, -0.05) is 35.3 Å². The molecule has 0 bridgehead atoms. The normalized spacial score (nSPS) is 11.6. The zero-order chi connectivity index (χ0) is 22.8. The Kier molecular flexibility index (Phi) is 6.21. The standard InChI is InChI=1S/C25H18Cl2FNO3/c1-14(7-25(30)29-19-9-16(26)8-17(27)10-19)20-11-21-22(15-3-5-18(28)6-4-15)13-32-24(21)12-23(20)31-2/h3-13H,1-2H3,(H,29,30)/b14-7+. The van der Waals surface area contributed by atoms with Crippen molar-refractivity contribution in [2.45, 2.75) is 6.92 Å². The number of ether oxygens (including phenoxy) is 1. The van der Waals surface area contributed by atoms with Crippen molar-refractivity contribution in [1.29, 1.82) is 0 Å². The van der Waals surface area contributed by atoms with Crippen LogP contribution in [-0.4, -0.2) is 13.0 Å². The predicted octanol–water partition coefficient (Wildman–Crippen LogP) is 7.60. The van der Waals surface area contributed by atoms with Gasteiger partial charge in [0.05, 0.1) is 13.4 Å². The molecule has 7 heteroatoms. The first-order valence-corrected chi connectivity index (χ1v) is 10.4. The Balaban J connectivity index is 1.70. The molecule has 0 saturated heterocycles. The van der Waals surface area contributed by atoms with Gasteiger partial charge in [0.15, 0.2) is 0 Å². The van der Waals surface area contributed by atoms with Crippen LogP contribution in [0.25, 0.3) is 27.7 Å². The van der Waals surface area contributed by atoms with Crippen molar-refractivity contribution in [3.05, 3.63) is 88.4 Å². The third-order valence-electron chi connectivity index (χ3n) is 4.95. The molecule has 1 amide bonds. The van der Waals surface area contributed by atoms with Gasteiger partial charge in [0.2, 0.25) is 5.91 Å². The van der Waals surface area contributed by atoms with Crippen LogP contribution in [0.2, 0.25) is 10.0 Å². The molecule has 1 heterocycles. The van der Waals surface area contributed by atoms with Crippen LogP contribution in [0.3, 0.4) is 0 Å². The fraction of sp³-hybridized carbons (Fsp3) is 0.0800. The molecule has 0 radical (unpaired) electrons. The van der Waals surface area contributed by atoms with Crippen LogP contribution in [0.1, 0.15) is 12.5 Å². The van der Waals surface area contributed by atoms with Crippen LogP contribution in [0.4, 0.5) is 10.1 Å². The quantitative estimate of drug-likeness (QED) is 0.306. The molecular weight excluding hydrogens is 452 g/mol. The lowest BCUT2D eigenvalue weighted by atomic mass is 9.99. The number of methoxy groups -OCH3 is 1. The van der Waals surface area contributed by atoms with E-state index < -0.39 is 0 Å². The molecule has 3 aromatic carbocycles. The number of nitrogens with one attached hydrogen (secondary N) is 1. The van der Waals surface area contributed by atoms with Crippen LogP contribution >= 0.6 is 23.2 Å². The molecule has 0 atom stereocenters. The number of carbonyl (C=O) groups excluding carboxylic acids is 1. The van der Waals surface area contributed by atoms with E-state index in [1.165, 1.54) is 18.2 Å². The molecule has 0 unspecified atom stereocenters. The fourth-order valence-corrected chi connectivity index (χ4v) is 3.99. The summed E-state index contributed by atoms with van der Waals surface area (Å²) in [6, 6.07) is 14.7. The Bertz CT molecular complexity index is 1320. The van der Waals surface area contributed by atoms with Crippen LogP contribution < -0.4 is 10.1 Å². The maximum absolute atomic E-state index is 13.3. The van der Waals surface area contributed by atoms with Gasteiger partial charge in [-0.3, -0.25) is 4.79 Å². The molecule has 162 valence electrons. The molecule has 0 spiro atoms.